The molecule has 4 nitrogen and oxygen atoms in total. The first-order chi connectivity index (χ1) is 10.5. The summed E-state index contributed by atoms with van der Waals surface area (Å²) in [6.07, 6.45) is 3.37. The summed E-state index contributed by atoms with van der Waals surface area (Å²) in [6, 6.07) is 8.04. The summed E-state index contributed by atoms with van der Waals surface area (Å²) < 4.78 is 0. The molecule has 1 N–H and O–H groups in total. The number of aromatic nitrogens is 1. The SMILES string of the molecule is Cc1nc(CNC(=O)/C=C/c2ccc(N(C)C)cc2)sc1C. The Morgan fingerprint density at radius 3 is 2.50 bits per heavy atom. The van der Waals surface area contributed by atoms with Crippen molar-refractivity contribution in [2.24, 2.45) is 0 Å². The van der Waals surface area contributed by atoms with Crippen LogP contribution in [-0.4, -0.2) is 25.0 Å². The van der Waals surface area contributed by atoms with Crippen LogP contribution in [0.15, 0.2) is 30.3 Å². The quantitative estimate of drug-likeness (QED) is 0.862. The molecule has 1 aromatic heterocycles. The lowest BCUT2D eigenvalue weighted by Gasteiger charge is -2.11. The predicted octanol–water partition coefficient (Wildman–Crippen LogP) is 3.16. The van der Waals surface area contributed by atoms with E-state index < -0.39 is 0 Å². The average Bonchev–Trinajstić information content (AvgIpc) is 2.82. The molecule has 0 aliphatic rings. The molecular formula is C17H21N3OS. The van der Waals surface area contributed by atoms with E-state index in [1.165, 1.54) is 4.88 Å². The molecule has 1 aromatic carbocycles. The van der Waals surface area contributed by atoms with Crippen molar-refractivity contribution in [1.82, 2.24) is 10.3 Å². The number of anilines is 1. The second kappa shape index (κ2) is 7.22. The van der Waals surface area contributed by atoms with Gasteiger partial charge in [0.15, 0.2) is 0 Å². The topological polar surface area (TPSA) is 45.2 Å². The third-order valence-corrected chi connectivity index (χ3v) is 4.40. The molecule has 2 rings (SSSR count). The molecule has 0 bridgehead atoms. The van der Waals surface area contributed by atoms with Crippen LogP contribution in [0.2, 0.25) is 0 Å². The van der Waals surface area contributed by atoms with Crippen LogP contribution in [0.3, 0.4) is 0 Å². The van der Waals surface area contributed by atoms with E-state index in [-0.39, 0.29) is 5.91 Å². The van der Waals surface area contributed by atoms with Crippen LogP contribution in [-0.2, 0) is 11.3 Å². The smallest absolute Gasteiger partial charge is 0.244 e. The fourth-order valence-electron chi connectivity index (χ4n) is 1.89. The highest BCUT2D eigenvalue weighted by Gasteiger charge is 2.04. The standard InChI is InChI=1S/C17H21N3OS/c1-12-13(2)22-17(19-12)11-18-16(21)10-7-14-5-8-15(9-6-14)20(3)4/h5-10H,11H2,1-4H3,(H,18,21)/b10-7+. The van der Waals surface area contributed by atoms with Crippen molar-refractivity contribution in [3.8, 4) is 0 Å². The Morgan fingerprint density at radius 1 is 1.27 bits per heavy atom. The number of aryl methyl sites for hydroxylation is 2. The van der Waals surface area contributed by atoms with Crippen LogP contribution in [0.4, 0.5) is 5.69 Å². The van der Waals surface area contributed by atoms with Crippen molar-refractivity contribution in [2.45, 2.75) is 20.4 Å². The summed E-state index contributed by atoms with van der Waals surface area (Å²) in [7, 11) is 4.00. The van der Waals surface area contributed by atoms with E-state index in [0.717, 1.165) is 22.0 Å². The number of hydrogen-bond donors (Lipinski definition) is 1. The molecule has 0 saturated heterocycles. The number of benzene rings is 1. The second-order valence-electron chi connectivity index (χ2n) is 5.29. The predicted molar refractivity (Wildman–Crippen MR) is 93.2 cm³/mol. The molecule has 1 amide bonds. The van der Waals surface area contributed by atoms with Crippen LogP contribution in [0.25, 0.3) is 6.08 Å². The van der Waals surface area contributed by atoms with Gasteiger partial charge >= 0.3 is 0 Å². The zero-order valence-corrected chi connectivity index (χ0v) is 14.2. The van der Waals surface area contributed by atoms with Gasteiger partial charge in [-0.15, -0.1) is 11.3 Å². The minimum absolute atomic E-state index is 0.109. The highest BCUT2D eigenvalue weighted by Crippen LogP contribution is 2.16. The van der Waals surface area contributed by atoms with E-state index in [4.69, 9.17) is 0 Å². The summed E-state index contributed by atoms with van der Waals surface area (Å²) in [4.78, 5) is 19.5. The van der Waals surface area contributed by atoms with Gasteiger partial charge in [-0.25, -0.2) is 4.98 Å². The van der Waals surface area contributed by atoms with Crippen molar-refractivity contribution in [3.05, 3.63) is 51.5 Å². The lowest BCUT2D eigenvalue weighted by atomic mass is 10.2. The minimum atomic E-state index is -0.109. The molecule has 0 unspecified atom stereocenters. The van der Waals surface area contributed by atoms with Crippen LogP contribution < -0.4 is 10.2 Å². The van der Waals surface area contributed by atoms with Crippen LogP contribution in [0, 0.1) is 13.8 Å². The van der Waals surface area contributed by atoms with Gasteiger partial charge < -0.3 is 10.2 Å². The number of nitrogens with one attached hydrogen (secondary N) is 1. The highest BCUT2D eigenvalue weighted by molar-refractivity contribution is 7.11. The second-order valence-corrected chi connectivity index (χ2v) is 6.57. The van der Waals surface area contributed by atoms with Crippen molar-refractivity contribution < 1.29 is 4.79 Å². The van der Waals surface area contributed by atoms with Gasteiger partial charge in [-0.3, -0.25) is 4.79 Å². The van der Waals surface area contributed by atoms with Crippen molar-refractivity contribution in [3.63, 3.8) is 0 Å². The summed E-state index contributed by atoms with van der Waals surface area (Å²) in [5.41, 5.74) is 3.17. The van der Waals surface area contributed by atoms with E-state index in [1.807, 2.05) is 63.2 Å². The molecule has 0 aliphatic carbocycles. The Kier molecular flexibility index (Phi) is 5.33. The Labute approximate surface area is 135 Å². The van der Waals surface area contributed by atoms with Crippen molar-refractivity contribution in [1.29, 1.82) is 0 Å². The molecule has 22 heavy (non-hydrogen) atoms. The first-order valence-corrected chi connectivity index (χ1v) is 7.93. The van der Waals surface area contributed by atoms with E-state index in [2.05, 4.69) is 10.3 Å². The largest absolute Gasteiger partial charge is 0.378 e. The number of carbonyl (C=O) groups is 1. The third kappa shape index (κ3) is 4.43. The van der Waals surface area contributed by atoms with Gasteiger partial charge in [0.05, 0.1) is 12.2 Å². The Bertz CT molecular complexity index is 652. The Hall–Kier alpha value is -2.14. The normalized spacial score (nSPS) is 10.9. The minimum Gasteiger partial charge on any atom is -0.378 e. The molecule has 0 atom stereocenters. The van der Waals surface area contributed by atoms with Gasteiger partial charge in [0.25, 0.3) is 0 Å². The number of carbonyl (C=O) groups excluding carboxylic acids is 1. The molecule has 0 radical (unpaired) electrons. The zero-order chi connectivity index (χ0) is 16.1. The molecule has 1 heterocycles. The summed E-state index contributed by atoms with van der Waals surface area (Å²) >= 11 is 1.62. The molecular weight excluding hydrogens is 294 g/mol. The van der Waals surface area contributed by atoms with Gasteiger partial charge in [0.1, 0.15) is 5.01 Å². The van der Waals surface area contributed by atoms with Crippen LogP contribution in [0.1, 0.15) is 21.1 Å². The Morgan fingerprint density at radius 2 is 1.95 bits per heavy atom. The van der Waals surface area contributed by atoms with Gasteiger partial charge in [-0.05, 0) is 37.6 Å². The molecule has 0 saturated carbocycles. The highest BCUT2D eigenvalue weighted by atomic mass is 32.1. The maximum Gasteiger partial charge on any atom is 0.244 e. The summed E-state index contributed by atoms with van der Waals surface area (Å²) in [5, 5.41) is 3.79. The molecule has 0 fully saturated rings. The van der Waals surface area contributed by atoms with Gasteiger partial charge in [-0.2, -0.15) is 0 Å². The van der Waals surface area contributed by atoms with Crippen molar-refractivity contribution in [2.75, 3.05) is 19.0 Å². The maximum absolute atomic E-state index is 11.8. The van der Waals surface area contributed by atoms with Gasteiger partial charge in [-0.1, -0.05) is 12.1 Å². The zero-order valence-electron chi connectivity index (χ0n) is 13.4. The fraction of sp³-hybridized carbons (Fsp3) is 0.294. The molecule has 0 aliphatic heterocycles. The molecule has 2 aromatic rings. The lowest BCUT2D eigenvalue weighted by Crippen LogP contribution is -2.20. The average molecular weight is 315 g/mol. The number of rotatable bonds is 5. The number of nitrogens with zero attached hydrogens (tertiary/aromatic N) is 2. The number of thiazole rings is 1. The first kappa shape index (κ1) is 16.2. The maximum atomic E-state index is 11.8. The number of amides is 1. The molecule has 5 heteroatoms. The van der Waals surface area contributed by atoms with Crippen LogP contribution >= 0.6 is 11.3 Å². The molecule has 0 spiro atoms. The van der Waals surface area contributed by atoms with E-state index in [1.54, 1.807) is 17.4 Å². The van der Waals surface area contributed by atoms with E-state index in [0.29, 0.717) is 6.54 Å². The van der Waals surface area contributed by atoms with Gasteiger partial charge in [0.2, 0.25) is 5.91 Å². The lowest BCUT2D eigenvalue weighted by molar-refractivity contribution is -0.116. The first-order valence-electron chi connectivity index (χ1n) is 7.12. The van der Waals surface area contributed by atoms with Gasteiger partial charge in [0, 0.05) is 30.7 Å². The van der Waals surface area contributed by atoms with Crippen molar-refractivity contribution >= 4 is 29.0 Å². The van der Waals surface area contributed by atoms with E-state index >= 15 is 0 Å². The fourth-order valence-corrected chi connectivity index (χ4v) is 2.77. The summed E-state index contributed by atoms with van der Waals surface area (Å²) in [6.45, 7) is 4.49. The monoisotopic (exact) mass is 315 g/mol. The number of hydrogen-bond acceptors (Lipinski definition) is 4. The molecule has 116 valence electrons. The van der Waals surface area contributed by atoms with Crippen LogP contribution in [0.5, 0.6) is 0 Å². The Balaban J connectivity index is 1.88. The summed E-state index contributed by atoms with van der Waals surface area (Å²) in [5.74, 6) is -0.109. The van der Waals surface area contributed by atoms with E-state index in [9.17, 15) is 4.79 Å². The third-order valence-electron chi connectivity index (χ3n) is 3.32.